The summed E-state index contributed by atoms with van der Waals surface area (Å²) in [6.07, 6.45) is 0. The number of ether oxygens (including phenoxy) is 3. The van der Waals surface area contributed by atoms with Crippen molar-refractivity contribution >= 4 is 11.0 Å². The predicted octanol–water partition coefficient (Wildman–Crippen LogP) is 3.36. The Morgan fingerprint density at radius 2 is 1.64 bits per heavy atom. The Morgan fingerprint density at radius 3 is 2.20 bits per heavy atom. The van der Waals surface area contributed by atoms with Gasteiger partial charge in [0.25, 0.3) is 0 Å². The van der Waals surface area contributed by atoms with Gasteiger partial charge in [0, 0.05) is 17.7 Å². The van der Waals surface area contributed by atoms with Crippen molar-refractivity contribution in [2.45, 2.75) is 0 Å². The summed E-state index contributed by atoms with van der Waals surface area (Å²) in [4.78, 5) is 12.8. The molecule has 0 bridgehead atoms. The smallest absolute Gasteiger partial charge is 0.214 e. The Morgan fingerprint density at radius 1 is 0.960 bits per heavy atom. The minimum atomic E-state index is -0.450. The number of rotatable bonds is 4. The predicted molar refractivity (Wildman–Crippen MR) is 92.3 cm³/mol. The highest BCUT2D eigenvalue weighted by Gasteiger charge is 2.20. The van der Waals surface area contributed by atoms with E-state index in [0.29, 0.717) is 22.8 Å². The summed E-state index contributed by atoms with van der Waals surface area (Å²) in [5.74, 6) is 1.63. The van der Waals surface area contributed by atoms with Crippen molar-refractivity contribution in [1.82, 2.24) is 0 Å². The van der Waals surface area contributed by atoms with Gasteiger partial charge < -0.3 is 18.6 Å². The molecule has 0 saturated heterocycles. The molecular formula is C19H15NO5. The normalized spacial score (nSPS) is 10.3. The van der Waals surface area contributed by atoms with Crippen molar-refractivity contribution in [2.75, 3.05) is 21.3 Å². The van der Waals surface area contributed by atoms with Gasteiger partial charge in [-0.1, -0.05) is 0 Å². The molecule has 0 atom stereocenters. The van der Waals surface area contributed by atoms with Crippen molar-refractivity contribution in [3.63, 3.8) is 0 Å². The number of nitrogens with zero attached hydrogens (tertiary/aromatic N) is 1. The molecule has 25 heavy (non-hydrogen) atoms. The van der Waals surface area contributed by atoms with Crippen LogP contribution in [0.4, 0.5) is 0 Å². The molecule has 1 heterocycles. The second-order valence-corrected chi connectivity index (χ2v) is 5.18. The van der Waals surface area contributed by atoms with Crippen LogP contribution in [-0.2, 0) is 0 Å². The third-order valence-corrected chi connectivity index (χ3v) is 3.85. The van der Waals surface area contributed by atoms with Crippen LogP contribution in [0.1, 0.15) is 5.56 Å². The van der Waals surface area contributed by atoms with Crippen LogP contribution < -0.4 is 19.6 Å². The summed E-state index contributed by atoms with van der Waals surface area (Å²) in [7, 11) is 4.51. The topological polar surface area (TPSA) is 81.7 Å². The van der Waals surface area contributed by atoms with Gasteiger partial charge in [-0.3, -0.25) is 4.79 Å². The van der Waals surface area contributed by atoms with Crippen molar-refractivity contribution < 1.29 is 18.6 Å². The van der Waals surface area contributed by atoms with Crippen molar-refractivity contribution in [3.05, 3.63) is 52.2 Å². The van der Waals surface area contributed by atoms with E-state index in [9.17, 15) is 10.1 Å². The Bertz CT molecular complexity index is 1030. The number of hydrogen-bond acceptors (Lipinski definition) is 6. The second kappa shape index (κ2) is 6.57. The van der Waals surface area contributed by atoms with Crippen LogP contribution in [0.25, 0.3) is 22.3 Å². The highest BCUT2D eigenvalue weighted by atomic mass is 16.5. The summed E-state index contributed by atoms with van der Waals surface area (Å²) in [6, 6.07) is 12.0. The van der Waals surface area contributed by atoms with Gasteiger partial charge in [0.1, 0.15) is 39.9 Å². The molecule has 0 spiro atoms. The maximum absolute atomic E-state index is 12.8. The number of methoxy groups -OCH3 is 3. The van der Waals surface area contributed by atoms with E-state index in [0.717, 1.165) is 0 Å². The largest absolute Gasteiger partial charge is 0.497 e. The fourth-order valence-electron chi connectivity index (χ4n) is 2.59. The van der Waals surface area contributed by atoms with Crippen molar-refractivity contribution in [3.8, 4) is 34.6 Å². The molecule has 3 aromatic rings. The van der Waals surface area contributed by atoms with Gasteiger partial charge >= 0.3 is 0 Å². The zero-order chi connectivity index (χ0) is 18.0. The van der Waals surface area contributed by atoms with Crippen molar-refractivity contribution in [2.24, 2.45) is 0 Å². The molecular weight excluding hydrogens is 322 g/mol. The fourth-order valence-corrected chi connectivity index (χ4v) is 2.59. The molecule has 1 aromatic heterocycles. The average molecular weight is 337 g/mol. The fraction of sp³-hybridized carbons (Fsp3) is 0.158. The van der Waals surface area contributed by atoms with Crippen LogP contribution in [0.2, 0.25) is 0 Å². The molecule has 0 saturated carbocycles. The van der Waals surface area contributed by atoms with E-state index >= 15 is 0 Å². The third kappa shape index (κ3) is 2.76. The first kappa shape index (κ1) is 16.4. The highest BCUT2D eigenvalue weighted by Crippen LogP contribution is 2.33. The Balaban J connectivity index is 2.36. The van der Waals surface area contributed by atoms with Crippen LogP contribution in [0.5, 0.6) is 17.2 Å². The Labute approximate surface area is 143 Å². The van der Waals surface area contributed by atoms with Crippen LogP contribution in [0.3, 0.4) is 0 Å². The quantitative estimate of drug-likeness (QED) is 0.726. The standard InChI is InChI=1S/C19H15NO5/c1-22-12-6-4-11(5-7-12)19-14(10-20)18(21)17-15(24-3)8-13(23-2)9-16(17)25-19/h4-9H,1-3H3. The van der Waals surface area contributed by atoms with E-state index in [2.05, 4.69) is 0 Å². The first-order valence-corrected chi connectivity index (χ1v) is 7.40. The van der Waals surface area contributed by atoms with Gasteiger partial charge in [-0.15, -0.1) is 0 Å². The zero-order valence-corrected chi connectivity index (χ0v) is 14.0. The summed E-state index contributed by atoms with van der Waals surface area (Å²) < 4.78 is 21.5. The van der Waals surface area contributed by atoms with Gasteiger partial charge in [-0.25, -0.2) is 0 Å². The lowest BCUT2D eigenvalue weighted by Gasteiger charge is -2.10. The minimum absolute atomic E-state index is 0.0823. The first-order valence-electron chi connectivity index (χ1n) is 7.40. The number of benzene rings is 2. The molecule has 2 aromatic carbocycles. The summed E-state index contributed by atoms with van der Waals surface area (Å²) >= 11 is 0. The van der Waals surface area contributed by atoms with E-state index in [1.807, 2.05) is 6.07 Å². The van der Waals surface area contributed by atoms with Gasteiger partial charge in [0.2, 0.25) is 5.43 Å². The van der Waals surface area contributed by atoms with E-state index in [1.54, 1.807) is 43.5 Å². The molecule has 6 heteroatoms. The summed E-state index contributed by atoms with van der Waals surface area (Å²) in [5.41, 5.74) is 0.347. The molecule has 3 rings (SSSR count). The molecule has 126 valence electrons. The lowest BCUT2D eigenvalue weighted by molar-refractivity contribution is 0.396. The molecule has 0 fully saturated rings. The SMILES string of the molecule is COc1ccc(-c2oc3cc(OC)cc(OC)c3c(=O)c2C#N)cc1. The molecule has 0 aliphatic heterocycles. The number of fused-ring (bicyclic) bond motifs is 1. The maximum Gasteiger partial charge on any atom is 0.214 e. The molecule has 0 unspecified atom stereocenters. The van der Waals surface area contributed by atoms with E-state index in [-0.39, 0.29) is 22.3 Å². The van der Waals surface area contributed by atoms with E-state index in [4.69, 9.17) is 18.6 Å². The maximum atomic E-state index is 12.8. The monoisotopic (exact) mass is 337 g/mol. The van der Waals surface area contributed by atoms with Crippen LogP contribution >= 0.6 is 0 Å². The van der Waals surface area contributed by atoms with Crippen LogP contribution in [-0.4, -0.2) is 21.3 Å². The molecule has 0 aliphatic rings. The van der Waals surface area contributed by atoms with E-state index < -0.39 is 5.43 Å². The highest BCUT2D eigenvalue weighted by molar-refractivity contribution is 5.88. The number of nitriles is 1. The second-order valence-electron chi connectivity index (χ2n) is 5.18. The lowest BCUT2D eigenvalue weighted by Crippen LogP contribution is -2.09. The lowest BCUT2D eigenvalue weighted by atomic mass is 10.0. The molecule has 0 aliphatic carbocycles. The van der Waals surface area contributed by atoms with Gasteiger partial charge in [-0.2, -0.15) is 5.26 Å². The minimum Gasteiger partial charge on any atom is -0.497 e. The number of hydrogen-bond donors (Lipinski definition) is 0. The molecule has 0 N–H and O–H groups in total. The summed E-state index contributed by atoms with van der Waals surface area (Å²) in [5, 5.41) is 9.69. The molecule has 0 amide bonds. The van der Waals surface area contributed by atoms with Gasteiger partial charge in [0.05, 0.1) is 21.3 Å². The van der Waals surface area contributed by atoms with Crippen LogP contribution in [0, 0.1) is 11.3 Å². The molecule has 0 radical (unpaired) electrons. The van der Waals surface area contributed by atoms with Gasteiger partial charge in [0.15, 0.2) is 5.76 Å². The van der Waals surface area contributed by atoms with Gasteiger partial charge in [-0.05, 0) is 24.3 Å². The Kier molecular flexibility index (Phi) is 4.31. The first-order chi connectivity index (χ1) is 12.1. The van der Waals surface area contributed by atoms with Crippen molar-refractivity contribution in [1.29, 1.82) is 5.26 Å². The average Bonchev–Trinajstić information content (AvgIpc) is 2.66. The summed E-state index contributed by atoms with van der Waals surface area (Å²) in [6.45, 7) is 0. The van der Waals surface area contributed by atoms with Crippen LogP contribution in [0.15, 0.2) is 45.6 Å². The zero-order valence-electron chi connectivity index (χ0n) is 14.0. The molecule has 6 nitrogen and oxygen atoms in total. The van der Waals surface area contributed by atoms with E-state index in [1.165, 1.54) is 14.2 Å². The Hall–Kier alpha value is -3.46. The third-order valence-electron chi connectivity index (χ3n) is 3.85.